The molecule has 5 N–H and O–H groups in total. The maximum atomic E-state index is 11.4. The van der Waals surface area contributed by atoms with Crippen molar-refractivity contribution in [2.24, 2.45) is 5.73 Å². The van der Waals surface area contributed by atoms with Gasteiger partial charge >= 0.3 is 6.03 Å². The highest BCUT2D eigenvalue weighted by molar-refractivity contribution is 5.89. The number of urea groups is 1. The fraction of sp³-hybridized carbons (Fsp3) is 0.154. The van der Waals surface area contributed by atoms with Crippen LogP contribution in [0.5, 0.6) is 0 Å². The molecule has 0 aliphatic carbocycles. The molecular weight excluding hydrogens is 258 g/mol. The van der Waals surface area contributed by atoms with Gasteiger partial charge in [-0.1, -0.05) is 12.1 Å². The molecule has 0 bridgehead atoms. The molecule has 0 unspecified atom stereocenters. The number of anilines is 1. The van der Waals surface area contributed by atoms with Crippen molar-refractivity contribution in [3.05, 3.63) is 47.0 Å². The third-order valence-electron chi connectivity index (χ3n) is 2.54. The van der Waals surface area contributed by atoms with Crippen LogP contribution < -0.4 is 21.9 Å². The molecule has 0 fully saturated rings. The van der Waals surface area contributed by atoms with Crippen molar-refractivity contribution in [1.29, 1.82) is 0 Å². The molecule has 2 aromatic rings. The Morgan fingerprint density at radius 3 is 2.65 bits per heavy atom. The van der Waals surface area contributed by atoms with Gasteiger partial charge in [-0.15, -0.1) is 0 Å². The first-order valence-corrected chi connectivity index (χ1v) is 6.09. The summed E-state index contributed by atoms with van der Waals surface area (Å²) in [6, 6.07) is 6.82. The van der Waals surface area contributed by atoms with Gasteiger partial charge in [0.1, 0.15) is 0 Å². The molecule has 0 atom stereocenters. The van der Waals surface area contributed by atoms with Crippen molar-refractivity contribution in [3.63, 3.8) is 0 Å². The monoisotopic (exact) mass is 273 g/mol. The van der Waals surface area contributed by atoms with E-state index in [2.05, 4.69) is 20.6 Å². The van der Waals surface area contributed by atoms with Gasteiger partial charge in [-0.25, -0.2) is 9.78 Å². The Bertz CT molecular complexity index is 615. The number of hydrogen-bond donors (Lipinski definition) is 4. The van der Waals surface area contributed by atoms with E-state index in [1.807, 2.05) is 0 Å². The summed E-state index contributed by atoms with van der Waals surface area (Å²) in [6.45, 7) is 0.815. The number of aromatic amines is 1. The minimum Gasteiger partial charge on any atom is -0.337 e. The van der Waals surface area contributed by atoms with Crippen molar-refractivity contribution in [2.45, 2.75) is 0 Å². The number of nitrogens with one attached hydrogen (secondary N) is 3. The lowest BCUT2D eigenvalue weighted by Gasteiger charge is -2.07. The number of benzene rings is 1. The van der Waals surface area contributed by atoms with Gasteiger partial charge < -0.3 is 21.4 Å². The minimum absolute atomic E-state index is 0.247. The zero-order valence-corrected chi connectivity index (χ0v) is 10.7. The fourth-order valence-corrected chi connectivity index (χ4v) is 1.59. The van der Waals surface area contributed by atoms with E-state index in [4.69, 9.17) is 5.73 Å². The average Bonchev–Trinajstić information content (AvgIpc) is 2.47. The first-order valence-electron chi connectivity index (χ1n) is 6.09. The lowest BCUT2D eigenvalue weighted by molar-refractivity contribution is 0.252. The molecule has 0 radical (unpaired) electrons. The Balaban J connectivity index is 2.04. The van der Waals surface area contributed by atoms with E-state index in [9.17, 15) is 9.59 Å². The van der Waals surface area contributed by atoms with Gasteiger partial charge in [0.2, 0.25) is 0 Å². The maximum absolute atomic E-state index is 11.4. The van der Waals surface area contributed by atoms with Crippen LogP contribution in [0.25, 0.3) is 11.3 Å². The van der Waals surface area contributed by atoms with Gasteiger partial charge in [0.15, 0.2) is 0 Å². The zero-order valence-electron chi connectivity index (χ0n) is 10.7. The standard InChI is InChI=1S/C13H15N5O2/c14-5-6-15-13(20)18-10-3-1-9(2-4-10)11-7-17-12(19)8-16-11/h1-4,7-8H,5-6,14H2,(H,17,19)(H2,15,18,20). The molecule has 1 aromatic carbocycles. The van der Waals surface area contributed by atoms with Gasteiger partial charge in [-0.3, -0.25) is 4.79 Å². The SMILES string of the molecule is NCCNC(=O)Nc1ccc(-c2c[nH]c(=O)cn2)cc1. The van der Waals surface area contributed by atoms with E-state index in [0.717, 1.165) is 5.56 Å². The Kier molecular flexibility index (Phi) is 4.46. The number of amides is 2. The van der Waals surface area contributed by atoms with E-state index >= 15 is 0 Å². The van der Waals surface area contributed by atoms with Crippen molar-refractivity contribution in [3.8, 4) is 11.3 Å². The lowest BCUT2D eigenvalue weighted by atomic mass is 10.1. The van der Waals surface area contributed by atoms with Crippen LogP contribution in [0.3, 0.4) is 0 Å². The van der Waals surface area contributed by atoms with Crippen LogP contribution in [0.1, 0.15) is 0 Å². The summed E-state index contributed by atoms with van der Waals surface area (Å²) in [6.07, 6.45) is 2.76. The highest BCUT2D eigenvalue weighted by atomic mass is 16.2. The third kappa shape index (κ3) is 3.66. The second-order valence-corrected chi connectivity index (χ2v) is 4.04. The lowest BCUT2D eigenvalue weighted by Crippen LogP contribution is -2.32. The van der Waals surface area contributed by atoms with Crippen molar-refractivity contribution in [2.75, 3.05) is 18.4 Å². The second-order valence-electron chi connectivity index (χ2n) is 4.04. The average molecular weight is 273 g/mol. The maximum Gasteiger partial charge on any atom is 0.319 e. The number of H-pyrrole nitrogens is 1. The predicted octanol–water partition coefficient (Wildman–Crippen LogP) is 0.517. The van der Waals surface area contributed by atoms with Gasteiger partial charge in [0, 0.05) is 30.5 Å². The molecule has 0 aliphatic heterocycles. The highest BCUT2D eigenvalue weighted by Crippen LogP contribution is 2.17. The number of aromatic nitrogens is 2. The van der Waals surface area contributed by atoms with E-state index in [1.165, 1.54) is 6.20 Å². The van der Waals surface area contributed by atoms with E-state index in [-0.39, 0.29) is 11.6 Å². The normalized spacial score (nSPS) is 10.1. The molecule has 2 amide bonds. The second kappa shape index (κ2) is 6.48. The molecule has 7 nitrogen and oxygen atoms in total. The molecule has 104 valence electrons. The molecule has 0 saturated heterocycles. The van der Waals surface area contributed by atoms with Gasteiger partial charge in [-0.2, -0.15) is 0 Å². The molecule has 20 heavy (non-hydrogen) atoms. The topological polar surface area (TPSA) is 113 Å². The van der Waals surface area contributed by atoms with Crippen LogP contribution in [0, 0.1) is 0 Å². The Morgan fingerprint density at radius 2 is 2.05 bits per heavy atom. The van der Waals surface area contributed by atoms with Gasteiger partial charge in [0.25, 0.3) is 5.56 Å². The Morgan fingerprint density at radius 1 is 1.30 bits per heavy atom. The van der Waals surface area contributed by atoms with E-state index < -0.39 is 0 Å². The first-order chi connectivity index (χ1) is 9.69. The third-order valence-corrected chi connectivity index (χ3v) is 2.54. The summed E-state index contributed by atoms with van der Waals surface area (Å²) < 4.78 is 0. The highest BCUT2D eigenvalue weighted by Gasteiger charge is 2.02. The molecular formula is C13H15N5O2. The summed E-state index contributed by atoms with van der Waals surface area (Å²) in [5, 5.41) is 5.29. The molecule has 1 heterocycles. The summed E-state index contributed by atoms with van der Waals surface area (Å²) in [4.78, 5) is 28.9. The van der Waals surface area contributed by atoms with Crippen LogP contribution in [-0.4, -0.2) is 29.1 Å². The number of carbonyl (C=O) groups is 1. The summed E-state index contributed by atoms with van der Waals surface area (Å²) in [5.74, 6) is 0. The van der Waals surface area contributed by atoms with Crippen LogP contribution in [0.2, 0.25) is 0 Å². The number of hydrogen-bond acceptors (Lipinski definition) is 4. The number of nitrogens with two attached hydrogens (primary N) is 1. The molecule has 0 saturated carbocycles. The summed E-state index contributed by atoms with van der Waals surface area (Å²) >= 11 is 0. The van der Waals surface area contributed by atoms with Gasteiger partial charge in [0.05, 0.1) is 11.9 Å². The molecule has 7 heteroatoms. The smallest absolute Gasteiger partial charge is 0.319 e. The Labute approximate surface area is 115 Å². The number of nitrogens with zero attached hydrogens (tertiary/aromatic N) is 1. The molecule has 1 aromatic heterocycles. The van der Waals surface area contributed by atoms with Crippen LogP contribution in [0.15, 0.2) is 41.5 Å². The van der Waals surface area contributed by atoms with E-state index in [1.54, 1.807) is 30.5 Å². The number of carbonyl (C=O) groups excluding carboxylic acids is 1. The molecule has 0 aliphatic rings. The van der Waals surface area contributed by atoms with Crippen LogP contribution in [0.4, 0.5) is 10.5 Å². The zero-order chi connectivity index (χ0) is 14.4. The van der Waals surface area contributed by atoms with Crippen molar-refractivity contribution < 1.29 is 4.79 Å². The predicted molar refractivity (Wildman–Crippen MR) is 76.4 cm³/mol. The number of rotatable bonds is 4. The van der Waals surface area contributed by atoms with E-state index in [0.29, 0.717) is 24.5 Å². The van der Waals surface area contributed by atoms with Crippen LogP contribution >= 0.6 is 0 Å². The van der Waals surface area contributed by atoms with Crippen molar-refractivity contribution >= 4 is 11.7 Å². The largest absolute Gasteiger partial charge is 0.337 e. The van der Waals surface area contributed by atoms with Gasteiger partial charge in [-0.05, 0) is 12.1 Å². The summed E-state index contributed by atoms with van der Waals surface area (Å²) in [5.41, 5.74) is 7.20. The summed E-state index contributed by atoms with van der Waals surface area (Å²) in [7, 11) is 0. The van der Waals surface area contributed by atoms with Crippen molar-refractivity contribution in [1.82, 2.24) is 15.3 Å². The molecule has 2 rings (SSSR count). The minimum atomic E-state index is -0.301. The first kappa shape index (κ1) is 13.8. The molecule has 0 spiro atoms. The Hall–Kier alpha value is -2.67. The quantitative estimate of drug-likeness (QED) is 0.650. The van der Waals surface area contributed by atoms with Crippen LogP contribution in [-0.2, 0) is 0 Å². The fourth-order valence-electron chi connectivity index (χ4n) is 1.59.